The number of likely N-dealkylation sites (tertiary alicyclic amines) is 1. The highest BCUT2D eigenvalue weighted by molar-refractivity contribution is 7.80. The number of carbonyl (C=O) groups excluding carboxylic acids is 5. The van der Waals surface area contributed by atoms with E-state index in [0.717, 1.165) is 37.0 Å². The van der Waals surface area contributed by atoms with Gasteiger partial charge in [0, 0.05) is 13.1 Å². The van der Waals surface area contributed by atoms with Crippen LogP contribution in [0.4, 0.5) is 4.79 Å². The summed E-state index contributed by atoms with van der Waals surface area (Å²) < 4.78 is 17.4. The maximum atomic E-state index is 15.0. The number of thiophene rings is 1. The van der Waals surface area contributed by atoms with E-state index in [1.807, 2.05) is 53.8 Å². The van der Waals surface area contributed by atoms with E-state index in [1.54, 1.807) is 11.0 Å². The Kier molecular flexibility index (Phi) is 17.1. The van der Waals surface area contributed by atoms with Gasteiger partial charge in [0.15, 0.2) is 11.1 Å². The van der Waals surface area contributed by atoms with Gasteiger partial charge < -0.3 is 31.5 Å². The van der Waals surface area contributed by atoms with Crippen LogP contribution in [-0.2, 0) is 41.0 Å². The van der Waals surface area contributed by atoms with E-state index in [4.69, 9.17) is 4.18 Å². The number of urea groups is 1. The summed E-state index contributed by atoms with van der Waals surface area (Å²) in [6.45, 7) is 21.3. The van der Waals surface area contributed by atoms with Crippen LogP contribution < -0.4 is 26.6 Å². The Labute approximate surface area is 335 Å². The molecular weight excluding hydrogens is 741 g/mol. The Morgan fingerprint density at radius 3 is 2.35 bits per heavy atom. The summed E-state index contributed by atoms with van der Waals surface area (Å²) in [6, 6.07) is -1.79. The standard InChI is InChI=1S/C40H66N6O7S2/c1-11-16-27(32(47)35(49)42-21-12-2)43-34(48)31-26(38(3,4)5)17-22-46(31)36(50)33(40(9)19-14-13-15-20-40)45-37(51)44-30(39(6,7)8)25-41-24-28-29(18-23-54-28)55(52)53-10/h12,18,23,26-27,30-31,33,41H,2,11,13-17,19-22,24-25H2,1,3-10H3,(H,42,49)(H,43,48)(H2,44,45,51)/p+1/t26-,27?,30+,31-,33?,55?/m0/s1. The van der Waals surface area contributed by atoms with Crippen LogP contribution in [0, 0.1) is 22.2 Å². The summed E-state index contributed by atoms with van der Waals surface area (Å²) >= 11 is -0.0305. The Hall–Kier alpha value is -3.14. The molecular formula is C40H67N6O7S2+. The molecule has 3 rings (SSSR count). The van der Waals surface area contributed by atoms with Crippen LogP contribution >= 0.6 is 11.3 Å². The molecule has 2 aliphatic rings. The molecule has 2 fully saturated rings. The number of ketones is 1. The van der Waals surface area contributed by atoms with Gasteiger partial charge in [-0.2, -0.15) is 0 Å². The summed E-state index contributed by atoms with van der Waals surface area (Å²) in [5.41, 5.74) is -1.24. The first kappa shape index (κ1) is 46.2. The van der Waals surface area contributed by atoms with Crippen molar-refractivity contribution in [1.82, 2.24) is 26.2 Å². The first-order chi connectivity index (χ1) is 25.8. The molecule has 1 saturated heterocycles. The number of quaternary nitrogens is 1. The third-order valence-electron chi connectivity index (χ3n) is 11.2. The third-order valence-corrected chi connectivity index (χ3v) is 13.4. The fourth-order valence-electron chi connectivity index (χ4n) is 7.90. The van der Waals surface area contributed by atoms with E-state index < -0.39 is 58.2 Å². The molecule has 1 aliphatic carbocycles. The van der Waals surface area contributed by atoms with Gasteiger partial charge in [0.25, 0.3) is 5.91 Å². The number of hydrogen-bond donors (Lipinski definition) is 5. The summed E-state index contributed by atoms with van der Waals surface area (Å²) in [7, 11) is 1.41. The van der Waals surface area contributed by atoms with Crippen LogP contribution in [0.1, 0.15) is 112 Å². The van der Waals surface area contributed by atoms with Gasteiger partial charge in [0.1, 0.15) is 18.6 Å². The number of rotatable bonds is 18. The Morgan fingerprint density at radius 1 is 1.09 bits per heavy atom. The third kappa shape index (κ3) is 12.4. The van der Waals surface area contributed by atoms with Gasteiger partial charge in [-0.05, 0) is 59.3 Å². The molecule has 1 aromatic rings. The average molecular weight is 808 g/mol. The van der Waals surface area contributed by atoms with Crippen LogP contribution in [0.3, 0.4) is 0 Å². The number of nitrogens with two attached hydrogens (primary N) is 1. The van der Waals surface area contributed by atoms with Crippen molar-refractivity contribution in [3.63, 3.8) is 0 Å². The lowest BCUT2D eigenvalue weighted by Gasteiger charge is -2.43. The Balaban J connectivity index is 1.88. The molecule has 310 valence electrons. The highest BCUT2D eigenvalue weighted by atomic mass is 32.2. The van der Waals surface area contributed by atoms with Crippen molar-refractivity contribution in [2.24, 2.45) is 22.2 Å². The van der Waals surface area contributed by atoms with Crippen molar-refractivity contribution in [1.29, 1.82) is 0 Å². The lowest BCUT2D eigenvalue weighted by Crippen LogP contribution is -2.86. The summed E-state index contributed by atoms with van der Waals surface area (Å²) in [6.07, 6.45) is 7.24. The molecule has 1 saturated carbocycles. The summed E-state index contributed by atoms with van der Waals surface area (Å²) in [4.78, 5) is 72.3. The normalized spacial score (nSPS) is 20.8. The molecule has 55 heavy (non-hydrogen) atoms. The SMILES string of the molecule is C=CCNC(=O)C(=O)C(CCC)NC(=O)[C@@H]1[C@@H](C(C)(C)C)CCN1C(=O)C(NC(=O)N[C@H](C[NH2+]Cc1sccc1S(=O)OC)C(C)(C)C)C1(C)CCCCC1. The van der Waals surface area contributed by atoms with Crippen molar-refractivity contribution in [3.05, 3.63) is 29.0 Å². The molecule has 6 N–H and O–H groups in total. The highest BCUT2D eigenvalue weighted by Gasteiger charge is 2.51. The number of Topliss-reactive ketones (excluding diaryl/α,β-unsaturated/α-hetero) is 1. The summed E-state index contributed by atoms with van der Waals surface area (Å²) in [5.74, 6) is -2.56. The molecule has 1 aromatic heterocycles. The quantitative estimate of drug-likeness (QED) is 0.110. The Morgan fingerprint density at radius 2 is 1.76 bits per heavy atom. The molecule has 3 unspecified atom stereocenters. The van der Waals surface area contributed by atoms with Gasteiger partial charge >= 0.3 is 6.03 Å². The van der Waals surface area contributed by atoms with Crippen molar-refractivity contribution in [2.45, 2.75) is 142 Å². The van der Waals surface area contributed by atoms with Gasteiger partial charge in [-0.3, -0.25) is 23.4 Å². The van der Waals surface area contributed by atoms with Gasteiger partial charge in [-0.1, -0.05) is 87.1 Å². The molecule has 13 nitrogen and oxygen atoms in total. The molecule has 2 heterocycles. The largest absolute Gasteiger partial charge is 0.346 e. The van der Waals surface area contributed by atoms with E-state index in [-0.39, 0.29) is 41.7 Å². The number of amides is 5. The number of carbonyl (C=O) groups is 5. The van der Waals surface area contributed by atoms with Crippen LogP contribution in [-0.4, -0.2) is 89.6 Å². The fraction of sp³-hybridized carbons (Fsp3) is 0.725. The minimum atomic E-state index is -1.54. The van der Waals surface area contributed by atoms with E-state index in [9.17, 15) is 28.2 Å². The predicted molar refractivity (Wildman–Crippen MR) is 216 cm³/mol. The van der Waals surface area contributed by atoms with Gasteiger partial charge in [0.05, 0.1) is 35.5 Å². The molecule has 15 heteroatoms. The van der Waals surface area contributed by atoms with E-state index in [1.165, 1.54) is 24.5 Å². The van der Waals surface area contributed by atoms with E-state index in [0.29, 0.717) is 37.4 Å². The van der Waals surface area contributed by atoms with Crippen LogP contribution in [0.5, 0.6) is 0 Å². The van der Waals surface area contributed by atoms with E-state index >= 15 is 0 Å². The second-order valence-corrected chi connectivity index (χ2v) is 19.7. The predicted octanol–water partition coefficient (Wildman–Crippen LogP) is 3.95. The van der Waals surface area contributed by atoms with Crippen LogP contribution in [0.25, 0.3) is 0 Å². The lowest BCUT2D eigenvalue weighted by atomic mass is 9.70. The second kappa shape index (κ2) is 20.3. The second-order valence-electron chi connectivity index (χ2n) is 17.5. The lowest BCUT2D eigenvalue weighted by molar-refractivity contribution is -0.673. The molecule has 0 aromatic carbocycles. The number of nitrogens with one attached hydrogen (secondary N) is 4. The van der Waals surface area contributed by atoms with E-state index in [2.05, 4.69) is 40.1 Å². The zero-order valence-electron chi connectivity index (χ0n) is 34.5. The fourth-order valence-corrected chi connectivity index (χ4v) is 9.73. The maximum Gasteiger partial charge on any atom is 0.315 e. The zero-order valence-corrected chi connectivity index (χ0v) is 36.1. The van der Waals surface area contributed by atoms with Crippen molar-refractivity contribution < 1.29 is 37.7 Å². The number of nitrogens with zero attached hydrogens (tertiary/aromatic N) is 1. The molecule has 1 aliphatic heterocycles. The minimum Gasteiger partial charge on any atom is -0.346 e. The molecule has 5 amide bonds. The highest BCUT2D eigenvalue weighted by Crippen LogP contribution is 2.43. The van der Waals surface area contributed by atoms with Crippen molar-refractivity contribution >= 4 is 52.0 Å². The number of hydrogen-bond acceptors (Lipinski definition) is 8. The molecule has 0 spiro atoms. The topological polar surface area (TPSA) is 180 Å². The average Bonchev–Trinajstić information content (AvgIpc) is 3.79. The monoisotopic (exact) mass is 807 g/mol. The molecule has 0 radical (unpaired) electrons. The first-order valence-electron chi connectivity index (χ1n) is 19.7. The van der Waals surface area contributed by atoms with Gasteiger partial charge in [-0.15, -0.1) is 17.9 Å². The van der Waals surface area contributed by atoms with Crippen LogP contribution in [0.2, 0.25) is 0 Å². The smallest absolute Gasteiger partial charge is 0.315 e. The zero-order chi connectivity index (χ0) is 41.1. The van der Waals surface area contributed by atoms with Crippen molar-refractivity contribution in [3.8, 4) is 0 Å². The molecule has 0 bridgehead atoms. The first-order valence-corrected chi connectivity index (χ1v) is 21.7. The van der Waals surface area contributed by atoms with Gasteiger partial charge in [0.2, 0.25) is 17.6 Å². The van der Waals surface area contributed by atoms with Crippen molar-refractivity contribution in [2.75, 3.05) is 26.7 Å². The summed E-state index contributed by atoms with van der Waals surface area (Å²) in [5, 5.41) is 15.6. The van der Waals surface area contributed by atoms with Gasteiger partial charge in [-0.25, -0.2) is 9.00 Å². The Bertz CT molecular complexity index is 1530. The maximum absolute atomic E-state index is 15.0. The molecule has 6 atom stereocenters. The minimum absolute atomic E-state index is 0.123. The van der Waals surface area contributed by atoms with Crippen LogP contribution in [0.15, 0.2) is 29.0 Å².